The zero-order valence-corrected chi connectivity index (χ0v) is 12.9. The van der Waals surface area contributed by atoms with Gasteiger partial charge in [-0.25, -0.2) is 4.98 Å². The van der Waals surface area contributed by atoms with Gasteiger partial charge in [-0.3, -0.25) is 9.36 Å². The average molecular weight is 386 g/mol. The van der Waals surface area contributed by atoms with Gasteiger partial charge >= 0.3 is 0 Å². The summed E-state index contributed by atoms with van der Waals surface area (Å²) in [5, 5.41) is 9.25. The van der Waals surface area contributed by atoms with E-state index < -0.39 is 0 Å². The van der Waals surface area contributed by atoms with Crippen molar-refractivity contribution >= 4 is 34.2 Å². The lowest BCUT2D eigenvalue weighted by Gasteiger charge is -2.08. The first-order valence-corrected chi connectivity index (χ1v) is 6.88. The molecular formula is C13H9ClIN3O. The third kappa shape index (κ3) is 2.96. The highest BCUT2D eigenvalue weighted by Crippen LogP contribution is 2.18. The summed E-state index contributed by atoms with van der Waals surface area (Å²) in [6, 6.07) is 7.04. The second-order valence-corrected chi connectivity index (χ2v) is 5.48. The Balaban J connectivity index is 2.40. The maximum atomic E-state index is 12.0. The van der Waals surface area contributed by atoms with Crippen molar-refractivity contribution in [1.82, 2.24) is 9.55 Å². The third-order valence-electron chi connectivity index (χ3n) is 2.68. The molecule has 96 valence electrons. The maximum Gasteiger partial charge on any atom is 0.267 e. The molecule has 0 radical (unpaired) electrons. The highest BCUT2D eigenvalue weighted by Gasteiger charge is 2.08. The molecule has 4 nitrogen and oxygen atoms in total. The standard InChI is InChI=1S/C13H9ClIN3O/c1-8-12(15)13(19)18(7-17-8)6-10-3-2-9(5-16)4-11(10)14/h2-4,7H,6H2,1H3. The average Bonchev–Trinajstić information content (AvgIpc) is 2.41. The molecule has 0 atom stereocenters. The summed E-state index contributed by atoms with van der Waals surface area (Å²) in [4.78, 5) is 16.2. The molecule has 2 aromatic rings. The quantitative estimate of drug-likeness (QED) is 0.747. The minimum absolute atomic E-state index is 0.0893. The van der Waals surface area contributed by atoms with Crippen LogP contribution in [0.15, 0.2) is 29.3 Å². The predicted octanol–water partition coefficient (Wildman–Crippen LogP) is 2.73. The second-order valence-electron chi connectivity index (χ2n) is 4.00. The summed E-state index contributed by atoms with van der Waals surface area (Å²) in [6.45, 7) is 2.13. The fourth-order valence-corrected chi connectivity index (χ4v) is 2.28. The number of benzene rings is 1. The number of aryl methyl sites for hydroxylation is 1. The Kier molecular flexibility index (Phi) is 4.22. The van der Waals surface area contributed by atoms with E-state index in [1.54, 1.807) is 25.1 Å². The lowest BCUT2D eigenvalue weighted by molar-refractivity contribution is 0.724. The number of nitriles is 1. The summed E-state index contributed by atoms with van der Waals surface area (Å²) >= 11 is 8.08. The van der Waals surface area contributed by atoms with Gasteiger partial charge in [0.2, 0.25) is 0 Å². The number of hydrogen-bond acceptors (Lipinski definition) is 3. The predicted molar refractivity (Wildman–Crippen MR) is 81.2 cm³/mol. The first kappa shape index (κ1) is 14.0. The molecule has 0 aliphatic heterocycles. The molecule has 0 saturated carbocycles. The van der Waals surface area contributed by atoms with Crippen LogP contribution in [0.4, 0.5) is 0 Å². The SMILES string of the molecule is Cc1ncn(Cc2ccc(C#N)cc2Cl)c(=O)c1I. The van der Waals surface area contributed by atoms with E-state index in [4.69, 9.17) is 16.9 Å². The summed E-state index contributed by atoms with van der Waals surface area (Å²) in [5.74, 6) is 0. The topological polar surface area (TPSA) is 58.7 Å². The van der Waals surface area contributed by atoms with Gasteiger partial charge in [0, 0.05) is 5.02 Å². The van der Waals surface area contributed by atoms with Crippen LogP contribution in [-0.2, 0) is 6.54 Å². The van der Waals surface area contributed by atoms with Gasteiger partial charge in [0.05, 0.1) is 33.8 Å². The smallest absolute Gasteiger partial charge is 0.267 e. The van der Waals surface area contributed by atoms with Crippen LogP contribution in [0, 0.1) is 21.8 Å². The van der Waals surface area contributed by atoms with E-state index in [-0.39, 0.29) is 5.56 Å². The minimum Gasteiger partial charge on any atom is -0.294 e. The second kappa shape index (κ2) is 5.72. The van der Waals surface area contributed by atoms with Crippen LogP contribution >= 0.6 is 34.2 Å². The Hall–Kier alpha value is -1.39. The first-order valence-electron chi connectivity index (χ1n) is 5.43. The molecule has 0 aliphatic rings. The molecule has 1 aromatic carbocycles. The molecule has 0 unspecified atom stereocenters. The largest absolute Gasteiger partial charge is 0.294 e. The van der Waals surface area contributed by atoms with Gasteiger partial charge in [0.25, 0.3) is 5.56 Å². The summed E-state index contributed by atoms with van der Waals surface area (Å²) in [7, 11) is 0. The van der Waals surface area contributed by atoms with Crippen molar-refractivity contribution in [2.24, 2.45) is 0 Å². The van der Waals surface area contributed by atoms with Crippen LogP contribution in [0.25, 0.3) is 0 Å². The Morgan fingerprint density at radius 2 is 2.26 bits per heavy atom. The molecule has 0 N–H and O–H groups in total. The van der Waals surface area contributed by atoms with Gasteiger partial charge in [-0.2, -0.15) is 5.26 Å². The molecule has 0 aliphatic carbocycles. The van der Waals surface area contributed by atoms with Crippen LogP contribution in [-0.4, -0.2) is 9.55 Å². The number of nitrogens with zero attached hydrogens (tertiary/aromatic N) is 3. The van der Waals surface area contributed by atoms with E-state index in [9.17, 15) is 4.79 Å². The highest BCUT2D eigenvalue weighted by molar-refractivity contribution is 14.1. The van der Waals surface area contributed by atoms with Crippen LogP contribution < -0.4 is 5.56 Å². The molecule has 0 spiro atoms. The van der Waals surface area contributed by atoms with Crippen molar-refractivity contribution in [2.75, 3.05) is 0 Å². The molecule has 19 heavy (non-hydrogen) atoms. The lowest BCUT2D eigenvalue weighted by Crippen LogP contribution is -2.24. The van der Waals surface area contributed by atoms with Crippen molar-refractivity contribution in [3.63, 3.8) is 0 Å². The van der Waals surface area contributed by atoms with Crippen molar-refractivity contribution in [3.8, 4) is 6.07 Å². The van der Waals surface area contributed by atoms with Crippen LogP contribution in [0.2, 0.25) is 5.02 Å². The number of aromatic nitrogens is 2. The van der Waals surface area contributed by atoms with Crippen molar-refractivity contribution < 1.29 is 0 Å². The third-order valence-corrected chi connectivity index (χ3v) is 4.27. The van der Waals surface area contributed by atoms with E-state index in [2.05, 4.69) is 4.98 Å². The maximum absolute atomic E-state index is 12.0. The monoisotopic (exact) mass is 385 g/mol. The molecule has 0 bridgehead atoms. The Morgan fingerprint density at radius 1 is 1.53 bits per heavy atom. The zero-order valence-electron chi connectivity index (χ0n) is 10.0. The Morgan fingerprint density at radius 3 is 2.89 bits per heavy atom. The molecule has 0 fully saturated rings. The fraction of sp³-hybridized carbons (Fsp3) is 0.154. The van der Waals surface area contributed by atoms with Gasteiger partial charge in [-0.1, -0.05) is 17.7 Å². The normalized spacial score (nSPS) is 10.2. The lowest BCUT2D eigenvalue weighted by atomic mass is 10.1. The van der Waals surface area contributed by atoms with E-state index >= 15 is 0 Å². The summed E-state index contributed by atoms with van der Waals surface area (Å²) in [6.07, 6.45) is 1.51. The Labute approximate surface area is 128 Å². The van der Waals surface area contributed by atoms with Gasteiger partial charge in [0.1, 0.15) is 0 Å². The van der Waals surface area contributed by atoms with Gasteiger partial charge in [-0.15, -0.1) is 0 Å². The molecule has 1 heterocycles. The van der Waals surface area contributed by atoms with Crippen LogP contribution in [0.5, 0.6) is 0 Å². The van der Waals surface area contributed by atoms with E-state index in [1.807, 2.05) is 28.7 Å². The molecule has 1 aromatic heterocycles. The molecule has 0 amide bonds. The van der Waals surface area contributed by atoms with Crippen molar-refractivity contribution in [1.29, 1.82) is 5.26 Å². The Bertz CT molecular complexity index is 734. The van der Waals surface area contributed by atoms with E-state index in [0.29, 0.717) is 26.4 Å². The van der Waals surface area contributed by atoms with E-state index in [1.165, 1.54) is 10.9 Å². The van der Waals surface area contributed by atoms with Crippen LogP contribution in [0.1, 0.15) is 16.8 Å². The highest BCUT2D eigenvalue weighted by atomic mass is 127. The molecular weight excluding hydrogens is 377 g/mol. The van der Waals surface area contributed by atoms with E-state index in [0.717, 1.165) is 5.56 Å². The van der Waals surface area contributed by atoms with Gasteiger partial charge in [-0.05, 0) is 47.2 Å². The molecule has 2 rings (SSSR count). The van der Waals surface area contributed by atoms with Crippen molar-refractivity contribution in [2.45, 2.75) is 13.5 Å². The minimum atomic E-state index is -0.0893. The van der Waals surface area contributed by atoms with Crippen molar-refractivity contribution in [3.05, 3.63) is 60.3 Å². The number of halogens is 2. The first-order chi connectivity index (χ1) is 9.02. The number of hydrogen-bond donors (Lipinski definition) is 0. The molecule has 0 saturated heterocycles. The summed E-state index contributed by atoms with van der Waals surface area (Å²) in [5.41, 5.74) is 1.91. The van der Waals surface area contributed by atoms with Gasteiger partial charge < -0.3 is 0 Å². The molecule has 6 heteroatoms. The fourth-order valence-electron chi connectivity index (χ4n) is 1.59. The van der Waals surface area contributed by atoms with Crippen LogP contribution in [0.3, 0.4) is 0 Å². The zero-order chi connectivity index (χ0) is 14.0. The number of rotatable bonds is 2. The summed E-state index contributed by atoms with van der Waals surface area (Å²) < 4.78 is 2.10. The van der Waals surface area contributed by atoms with Gasteiger partial charge in [0.15, 0.2) is 0 Å².